The van der Waals surface area contributed by atoms with Gasteiger partial charge in [-0.25, -0.2) is 4.98 Å². The number of amides is 2. The van der Waals surface area contributed by atoms with Crippen LogP contribution < -0.4 is 10.6 Å². The van der Waals surface area contributed by atoms with Gasteiger partial charge in [0.1, 0.15) is 0 Å². The Hall–Kier alpha value is -2.03. The van der Waals surface area contributed by atoms with Gasteiger partial charge in [0.2, 0.25) is 5.91 Å². The number of carbonyl (C=O) groups is 2. The molecule has 0 atom stereocenters. The monoisotopic (exact) mass is 377 g/mol. The van der Waals surface area contributed by atoms with Crippen LogP contribution in [0.1, 0.15) is 21.7 Å². The molecule has 0 radical (unpaired) electrons. The normalized spacial score (nSPS) is 10.5. The van der Waals surface area contributed by atoms with Gasteiger partial charge in [-0.05, 0) is 30.5 Å². The van der Waals surface area contributed by atoms with Crippen molar-refractivity contribution in [3.8, 4) is 10.6 Å². The molecule has 2 N–H and O–H groups in total. The fourth-order valence-corrected chi connectivity index (χ4v) is 4.25. The number of hydrogen-bond donors (Lipinski definition) is 2. The molecule has 3 rings (SSSR count). The maximum atomic E-state index is 11.9. The number of thiazole rings is 1. The lowest BCUT2D eigenvalue weighted by Crippen LogP contribution is -2.27. The second-order valence-corrected chi connectivity index (χ2v) is 7.94. The van der Waals surface area contributed by atoms with Gasteiger partial charge in [0.15, 0.2) is 5.13 Å². The van der Waals surface area contributed by atoms with Crippen molar-refractivity contribution in [1.82, 2.24) is 10.3 Å². The molecule has 0 aliphatic carbocycles. The van der Waals surface area contributed by atoms with Crippen molar-refractivity contribution in [2.24, 2.45) is 0 Å². The number of aromatic nitrogens is 1. The summed E-state index contributed by atoms with van der Waals surface area (Å²) in [5.74, 6) is -0.322. The first-order valence-corrected chi connectivity index (χ1v) is 9.88. The second kappa shape index (κ2) is 7.69. The number of aryl methyl sites for hydroxylation is 1. The number of hydrogen-bond acceptors (Lipinski definition) is 6. The molecule has 0 saturated heterocycles. The van der Waals surface area contributed by atoms with E-state index in [0.29, 0.717) is 17.2 Å². The first-order valence-electron chi connectivity index (χ1n) is 7.24. The zero-order valence-corrected chi connectivity index (χ0v) is 15.3. The summed E-state index contributed by atoms with van der Waals surface area (Å²) in [6.07, 6.45) is 0.211. The van der Waals surface area contributed by atoms with Crippen LogP contribution in [0.15, 0.2) is 34.3 Å². The van der Waals surface area contributed by atoms with Crippen molar-refractivity contribution in [3.05, 3.63) is 44.8 Å². The van der Waals surface area contributed by atoms with Crippen LogP contribution in [0.4, 0.5) is 5.13 Å². The minimum Gasteiger partial charge on any atom is -0.351 e. The average Bonchev–Trinajstić information content (AvgIpc) is 3.27. The van der Waals surface area contributed by atoms with Gasteiger partial charge in [-0.1, -0.05) is 0 Å². The van der Waals surface area contributed by atoms with Crippen LogP contribution in [0.3, 0.4) is 0 Å². The standard InChI is InChI=1S/C16H15N3O2S3/c1-10-2-3-13(24-10)12-9-23-16(18-12)19-14(20)4-6-17-15(21)11-5-7-22-8-11/h2-3,5,7-9H,4,6H2,1H3,(H,17,21)(H,18,19,20). The molecule has 2 amide bonds. The number of anilines is 1. The average molecular weight is 378 g/mol. The van der Waals surface area contributed by atoms with Gasteiger partial charge in [0.05, 0.1) is 10.6 Å². The van der Waals surface area contributed by atoms with Gasteiger partial charge in [-0.2, -0.15) is 11.3 Å². The van der Waals surface area contributed by atoms with Gasteiger partial charge in [0, 0.05) is 34.2 Å². The summed E-state index contributed by atoms with van der Waals surface area (Å²) in [4.78, 5) is 30.4. The third-order valence-electron chi connectivity index (χ3n) is 3.16. The van der Waals surface area contributed by atoms with Crippen molar-refractivity contribution >= 4 is 51.0 Å². The summed E-state index contributed by atoms with van der Waals surface area (Å²) in [5, 5.41) is 11.6. The maximum absolute atomic E-state index is 11.9. The van der Waals surface area contributed by atoms with E-state index in [9.17, 15) is 9.59 Å². The van der Waals surface area contributed by atoms with Crippen LogP contribution >= 0.6 is 34.0 Å². The quantitative estimate of drug-likeness (QED) is 0.682. The van der Waals surface area contributed by atoms with Gasteiger partial charge in [-0.3, -0.25) is 9.59 Å². The van der Waals surface area contributed by atoms with Gasteiger partial charge >= 0.3 is 0 Å². The van der Waals surface area contributed by atoms with Gasteiger partial charge in [0.25, 0.3) is 5.91 Å². The van der Waals surface area contributed by atoms with Gasteiger partial charge in [-0.15, -0.1) is 22.7 Å². The predicted octanol–water partition coefficient (Wildman–Crippen LogP) is 4.00. The molecule has 3 aromatic heterocycles. The van der Waals surface area contributed by atoms with E-state index in [1.54, 1.807) is 22.8 Å². The molecular formula is C16H15N3O2S3. The van der Waals surface area contributed by atoms with E-state index in [1.807, 2.05) is 29.8 Å². The molecule has 8 heteroatoms. The number of rotatable bonds is 6. The van der Waals surface area contributed by atoms with E-state index in [2.05, 4.69) is 15.6 Å². The van der Waals surface area contributed by atoms with Crippen LogP contribution in [-0.4, -0.2) is 23.3 Å². The molecule has 0 spiro atoms. The molecule has 5 nitrogen and oxygen atoms in total. The highest BCUT2D eigenvalue weighted by atomic mass is 32.1. The summed E-state index contributed by atoms with van der Waals surface area (Å²) in [6, 6.07) is 5.83. The van der Waals surface area contributed by atoms with Crippen molar-refractivity contribution < 1.29 is 9.59 Å². The molecule has 0 aliphatic heterocycles. The number of thiophene rings is 2. The molecule has 24 heavy (non-hydrogen) atoms. The Bertz CT molecular complexity index is 837. The summed E-state index contributed by atoms with van der Waals surface area (Å²) in [7, 11) is 0. The van der Waals surface area contributed by atoms with Crippen molar-refractivity contribution in [1.29, 1.82) is 0 Å². The lowest BCUT2D eigenvalue weighted by atomic mass is 10.3. The molecule has 0 aliphatic rings. The molecule has 3 aromatic rings. The highest BCUT2D eigenvalue weighted by Gasteiger charge is 2.10. The van der Waals surface area contributed by atoms with Crippen molar-refractivity contribution in [3.63, 3.8) is 0 Å². The molecule has 3 heterocycles. The summed E-state index contributed by atoms with van der Waals surface area (Å²) < 4.78 is 0. The smallest absolute Gasteiger partial charge is 0.252 e. The number of nitrogens with zero attached hydrogens (tertiary/aromatic N) is 1. The SMILES string of the molecule is Cc1ccc(-c2csc(NC(=O)CCNC(=O)c3ccsc3)n2)s1. The fourth-order valence-electron chi connectivity index (χ4n) is 1.98. The molecular weight excluding hydrogens is 362 g/mol. The third kappa shape index (κ3) is 4.28. The highest BCUT2D eigenvalue weighted by Crippen LogP contribution is 2.30. The number of nitrogens with one attached hydrogen (secondary N) is 2. The zero-order chi connectivity index (χ0) is 16.9. The van der Waals surface area contributed by atoms with Crippen molar-refractivity contribution in [2.45, 2.75) is 13.3 Å². The van der Waals surface area contributed by atoms with Crippen LogP contribution in [-0.2, 0) is 4.79 Å². The largest absolute Gasteiger partial charge is 0.351 e. The van der Waals surface area contributed by atoms with Crippen LogP contribution in [0.25, 0.3) is 10.6 Å². The van der Waals surface area contributed by atoms with Crippen LogP contribution in [0.2, 0.25) is 0 Å². The molecule has 0 aromatic carbocycles. The molecule has 0 saturated carbocycles. The fraction of sp³-hybridized carbons (Fsp3) is 0.188. The van der Waals surface area contributed by atoms with E-state index in [0.717, 1.165) is 10.6 Å². The van der Waals surface area contributed by atoms with Crippen molar-refractivity contribution in [2.75, 3.05) is 11.9 Å². The summed E-state index contributed by atoms with van der Waals surface area (Å²) in [6.45, 7) is 2.34. The first-order chi connectivity index (χ1) is 11.6. The van der Waals surface area contributed by atoms with E-state index in [-0.39, 0.29) is 18.2 Å². The Balaban J connectivity index is 1.47. The Morgan fingerprint density at radius 1 is 1.21 bits per heavy atom. The lowest BCUT2D eigenvalue weighted by Gasteiger charge is -2.03. The summed E-state index contributed by atoms with van der Waals surface area (Å²) in [5.41, 5.74) is 1.50. The summed E-state index contributed by atoms with van der Waals surface area (Å²) >= 11 is 4.54. The number of carbonyl (C=O) groups excluding carboxylic acids is 2. The Labute approximate surface area is 151 Å². The van der Waals surface area contributed by atoms with E-state index in [1.165, 1.54) is 27.6 Å². The van der Waals surface area contributed by atoms with E-state index in [4.69, 9.17) is 0 Å². The lowest BCUT2D eigenvalue weighted by molar-refractivity contribution is -0.116. The van der Waals surface area contributed by atoms with E-state index >= 15 is 0 Å². The molecule has 0 fully saturated rings. The van der Waals surface area contributed by atoms with Crippen LogP contribution in [0.5, 0.6) is 0 Å². The maximum Gasteiger partial charge on any atom is 0.252 e. The Kier molecular flexibility index (Phi) is 5.39. The predicted molar refractivity (Wildman–Crippen MR) is 100 cm³/mol. The van der Waals surface area contributed by atoms with E-state index < -0.39 is 0 Å². The molecule has 124 valence electrons. The molecule has 0 unspecified atom stereocenters. The minimum absolute atomic E-state index is 0.159. The Morgan fingerprint density at radius 2 is 2.08 bits per heavy atom. The van der Waals surface area contributed by atoms with Crippen LogP contribution in [0, 0.1) is 6.92 Å². The molecule has 0 bridgehead atoms. The topological polar surface area (TPSA) is 71.1 Å². The Morgan fingerprint density at radius 3 is 2.79 bits per heavy atom. The second-order valence-electron chi connectivity index (χ2n) is 5.01. The third-order valence-corrected chi connectivity index (χ3v) is 5.63. The first kappa shape index (κ1) is 16.8. The zero-order valence-electron chi connectivity index (χ0n) is 12.9. The highest BCUT2D eigenvalue weighted by molar-refractivity contribution is 7.17. The van der Waals surface area contributed by atoms with Gasteiger partial charge < -0.3 is 10.6 Å². The minimum atomic E-state index is -0.163.